The number of hydrogen-bond donors (Lipinski definition) is 1. The van der Waals surface area contributed by atoms with Crippen LogP contribution in [0.3, 0.4) is 0 Å². The van der Waals surface area contributed by atoms with E-state index >= 15 is 0 Å². The van der Waals surface area contributed by atoms with E-state index in [0.29, 0.717) is 12.1 Å². The zero-order valence-electron chi connectivity index (χ0n) is 12.7. The first kappa shape index (κ1) is 15.1. The molecule has 2 nitrogen and oxygen atoms in total. The fourth-order valence-electron chi connectivity index (χ4n) is 3.25. The van der Waals surface area contributed by atoms with E-state index in [9.17, 15) is 0 Å². The fourth-order valence-corrected chi connectivity index (χ4v) is 3.25. The third-order valence-electron chi connectivity index (χ3n) is 4.69. The monoisotopic (exact) mass is 270 g/mol. The molecular weight excluding hydrogens is 244 g/mol. The van der Waals surface area contributed by atoms with E-state index in [2.05, 4.69) is 37.4 Å². The Morgan fingerprint density at radius 1 is 1.20 bits per heavy atom. The van der Waals surface area contributed by atoms with Crippen molar-refractivity contribution in [3.8, 4) is 6.07 Å². The lowest BCUT2D eigenvalue weighted by molar-refractivity contribution is 0.400. The first-order chi connectivity index (χ1) is 9.72. The Hall–Kier alpha value is -1.33. The van der Waals surface area contributed by atoms with Gasteiger partial charge in [0, 0.05) is 12.1 Å². The molecule has 0 aliphatic heterocycles. The molecule has 1 fully saturated rings. The minimum Gasteiger partial charge on any atom is -0.307 e. The maximum absolute atomic E-state index is 8.84. The molecule has 0 bridgehead atoms. The van der Waals surface area contributed by atoms with Crippen molar-refractivity contribution < 1.29 is 0 Å². The molecule has 1 aliphatic carbocycles. The Kier molecular flexibility index (Phi) is 5.61. The third kappa shape index (κ3) is 4.08. The molecule has 1 N–H and O–H groups in total. The van der Waals surface area contributed by atoms with Crippen LogP contribution < -0.4 is 5.32 Å². The zero-order chi connectivity index (χ0) is 14.4. The van der Waals surface area contributed by atoms with E-state index in [1.54, 1.807) is 0 Å². The smallest absolute Gasteiger partial charge is 0.0991 e. The Balaban J connectivity index is 1.90. The number of benzene rings is 1. The highest BCUT2D eigenvalue weighted by molar-refractivity contribution is 5.32. The van der Waals surface area contributed by atoms with Gasteiger partial charge < -0.3 is 5.32 Å². The van der Waals surface area contributed by atoms with E-state index in [0.717, 1.165) is 11.5 Å². The van der Waals surface area contributed by atoms with Crippen molar-refractivity contribution in [1.82, 2.24) is 5.32 Å². The summed E-state index contributed by atoms with van der Waals surface area (Å²) in [5.74, 6) is 0.937. The molecule has 3 unspecified atom stereocenters. The van der Waals surface area contributed by atoms with Crippen molar-refractivity contribution >= 4 is 0 Å². The van der Waals surface area contributed by atoms with Crippen molar-refractivity contribution in [1.29, 1.82) is 5.26 Å². The lowest BCUT2D eigenvalue weighted by Crippen LogP contribution is -2.31. The fraction of sp³-hybridized carbons (Fsp3) is 0.611. The summed E-state index contributed by atoms with van der Waals surface area (Å²) in [7, 11) is 0. The highest BCUT2D eigenvalue weighted by Gasteiger charge is 2.19. The van der Waals surface area contributed by atoms with Crippen molar-refractivity contribution in [2.24, 2.45) is 5.92 Å². The molecular formula is C18H26N2. The van der Waals surface area contributed by atoms with Crippen LogP contribution in [0.1, 0.15) is 69.5 Å². The summed E-state index contributed by atoms with van der Waals surface area (Å²) in [6.45, 7) is 4.54. The van der Waals surface area contributed by atoms with Crippen molar-refractivity contribution in [2.75, 3.05) is 0 Å². The molecule has 0 spiro atoms. The van der Waals surface area contributed by atoms with E-state index in [4.69, 9.17) is 5.26 Å². The van der Waals surface area contributed by atoms with Gasteiger partial charge in [-0.15, -0.1) is 0 Å². The molecule has 1 aliphatic rings. The van der Waals surface area contributed by atoms with Gasteiger partial charge in [-0.1, -0.05) is 38.3 Å². The molecule has 2 heteroatoms. The Bertz CT molecular complexity index is 443. The van der Waals surface area contributed by atoms with Crippen LogP contribution in [0.4, 0.5) is 0 Å². The maximum Gasteiger partial charge on any atom is 0.0991 e. The number of nitriles is 1. The second-order valence-electron chi connectivity index (χ2n) is 6.10. The van der Waals surface area contributed by atoms with Gasteiger partial charge in [0.1, 0.15) is 0 Å². The number of nitrogens with zero attached hydrogens (tertiary/aromatic N) is 1. The van der Waals surface area contributed by atoms with Gasteiger partial charge in [0.2, 0.25) is 0 Å². The highest BCUT2D eigenvalue weighted by atomic mass is 14.9. The second kappa shape index (κ2) is 7.45. The minimum absolute atomic E-state index is 0.367. The Morgan fingerprint density at radius 3 is 2.60 bits per heavy atom. The lowest BCUT2D eigenvalue weighted by atomic mass is 9.97. The highest BCUT2D eigenvalue weighted by Crippen LogP contribution is 2.27. The van der Waals surface area contributed by atoms with Gasteiger partial charge in [-0.05, 0) is 49.8 Å². The van der Waals surface area contributed by atoms with Gasteiger partial charge in [0.05, 0.1) is 11.6 Å². The quantitative estimate of drug-likeness (QED) is 0.814. The number of hydrogen-bond acceptors (Lipinski definition) is 2. The molecule has 3 atom stereocenters. The average Bonchev–Trinajstić information content (AvgIpc) is 2.72. The Labute approximate surface area is 123 Å². The van der Waals surface area contributed by atoms with Crippen LogP contribution in [0.25, 0.3) is 0 Å². The summed E-state index contributed by atoms with van der Waals surface area (Å²) in [4.78, 5) is 0. The molecule has 2 rings (SSSR count). The van der Waals surface area contributed by atoms with Crippen LogP contribution in [0.15, 0.2) is 24.3 Å². The van der Waals surface area contributed by atoms with Crippen LogP contribution in [0.5, 0.6) is 0 Å². The molecule has 1 saturated carbocycles. The van der Waals surface area contributed by atoms with E-state index < -0.39 is 0 Å². The molecule has 108 valence electrons. The SMILES string of the molecule is CCC1CCCC(NC(C)c2ccc(C#N)cc2)CC1. The van der Waals surface area contributed by atoms with Crippen LogP contribution in [-0.2, 0) is 0 Å². The summed E-state index contributed by atoms with van der Waals surface area (Å²) in [6.07, 6.45) is 8.07. The minimum atomic E-state index is 0.367. The molecule has 0 amide bonds. The van der Waals surface area contributed by atoms with Crippen LogP contribution >= 0.6 is 0 Å². The van der Waals surface area contributed by atoms with E-state index in [1.165, 1.54) is 44.1 Å². The normalized spacial score (nSPS) is 24.6. The number of nitrogens with one attached hydrogen (secondary N) is 1. The summed E-state index contributed by atoms with van der Waals surface area (Å²) < 4.78 is 0. The lowest BCUT2D eigenvalue weighted by Gasteiger charge is -2.22. The first-order valence-corrected chi connectivity index (χ1v) is 7.99. The second-order valence-corrected chi connectivity index (χ2v) is 6.10. The standard InChI is InChI=1S/C18H26N2/c1-3-15-5-4-6-18(12-9-15)20-14(2)17-10-7-16(13-19)8-11-17/h7-8,10-11,14-15,18,20H,3-6,9,12H2,1-2H3. The average molecular weight is 270 g/mol. The summed E-state index contributed by atoms with van der Waals surface area (Å²) >= 11 is 0. The van der Waals surface area contributed by atoms with Gasteiger partial charge in [0.15, 0.2) is 0 Å². The predicted molar refractivity (Wildman–Crippen MR) is 83.4 cm³/mol. The third-order valence-corrected chi connectivity index (χ3v) is 4.69. The summed E-state index contributed by atoms with van der Waals surface area (Å²) in [5.41, 5.74) is 2.02. The van der Waals surface area contributed by atoms with Crippen LogP contribution in [0, 0.1) is 17.2 Å². The van der Waals surface area contributed by atoms with Gasteiger partial charge >= 0.3 is 0 Å². The maximum atomic E-state index is 8.84. The summed E-state index contributed by atoms with van der Waals surface area (Å²) in [5, 5.41) is 12.6. The van der Waals surface area contributed by atoms with Gasteiger partial charge in [-0.3, -0.25) is 0 Å². The first-order valence-electron chi connectivity index (χ1n) is 7.99. The molecule has 1 aromatic carbocycles. The molecule has 20 heavy (non-hydrogen) atoms. The molecule has 1 aromatic rings. The predicted octanol–water partition coefficient (Wildman–Crippen LogP) is 4.57. The van der Waals surface area contributed by atoms with Gasteiger partial charge in [-0.25, -0.2) is 0 Å². The molecule has 0 radical (unpaired) electrons. The van der Waals surface area contributed by atoms with Crippen LogP contribution in [0.2, 0.25) is 0 Å². The van der Waals surface area contributed by atoms with Crippen molar-refractivity contribution in [2.45, 2.75) is 64.5 Å². The van der Waals surface area contributed by atoms with E-state index in [1.807, 2.05) is 12.1 Å². The topological polar surface area (TPSA) is 35.8 Å². The Morgan fingerprint density at radius 2 is 1.95 bits per heavy atom. The number of rotatable bonds is 4. The van der Waals surface area contributed by atoms with Crippen molar-refractivity contribution in [3.63, 3.8) is 0 Å². The molecule has 0 heterocycles. The largest absolute Gasteiger partial charge is 0.307 e. The zero-order valence-corrected chi connectivity index (χ0v) is 12.7. The van der Waals surface area contributed by atoms with E-state index in [-0.39, 0.29) is 0 Å². The van der Waals surface area contributed by atoms with Crippen molar-refractivity contribution in [3.05, 3.63) is 35.4 Å². The van der Waals surface area contributed by atoms with Gasteiger partial charge in [0.25, 0.3) is 0 Å². The van der Waals surface area contributed by atoms with Gasteiger partial charge in [-0.2, -0.15) is 5.26 Å². The molecule has 0 aromatic heterocycles. The van der Waals surface area contributed by atoms with Crippen LogP contribution in [-0.4, -0.2) is 6.04 Å². The molecule has 0 saturated heterocycles. The summed E-state index contributed by atoms with van der Waals surface area (Å²) in [6, 6.07) is 11.2.